The highest BCUT2D eigenvalue weighted by Gasteiger charge is 2.08. The van der Waals surface area contributed by atoms with E-state index in [2.05, 4.69) is 15.2 Å². The van der Waals surface area contributed by atoms with Crippen molar-refractivity contribution in [3.05, 3.63) is 66.3 Å². The lowest BCUT2D eigenvalue weighted by Gasteiger charge is -2.03. The Kier molecular flexibility index (Phi) is 4.33. The van der Waals surface area contributed by atoms with Gasteiger partial charge in [-0.3, -0.25) is 9.48 Å². The number of hydrogen-bond acceptors (Lipinski definition) is 4. The summed E-state index contributed by atoms with van der Waals surface area (Å²) in [6.07, 6.45) is 8.97. The molecule has 1 aromatic carbocycles. The molecule has 7 heteroatoms. The number of ketones is 1. The number of rotatable bonds is 5. The maximum atomic E-state index is 14.1. The van der Waals surface area contributed by atoms with Gasteiger partial charge in [0.25, 0.3) is 0 Å². The normalized spacial score (nSPS) is 11.5. The zero-order valence-corrected chi connectivity index (χ0v) is 13.3. The SMILES string of the molecule is CC(C)n1cc(C(=O)/C=C/c2ccc(-n3cncn3)c(F)c2)cn1. The predicted molar refractivity (Wildman–Crippen MR) is 87.3 cm³/mol. The van der Waals surface area contributed by atoms with E-state index in [0.29, 0.717) is 16.8 Å². The number of hydrogen-bond donors (Lipinski definition) is 0. The first kappa shape index (κ1) is 15.8. The predicted octanol–water partition coefficient (Wildman–Crippen LogP) is 3.08. The Balaban J connectivity index is 1.76. The van der Waals surface area contributed by atoms with Gasteiger partial charge in [0.1, 0.15) is 24.2 Å². The minimum atomic E-state index is -0.442. The van der Waals surface area contributed by atoms with Crippen LogP contribution in [-0.4, -0.2) is 30.3 Å². The fourth-order valence-electron chi connectivity index (χ4n) is 2.16. The van der Waals surface area contributed by atoms with Crippen molar-refractivity contribution in [2.45, 2.75) is 19.9 Å². The van der Waals surface area contributed by atoms with Gasteiger partial charge in [0, 0.05) is 12.2 Å². The molecule has 0 spiro atoms. The molecule has 0 aliphatic heterocycles. The van der Waals surface area contributed by atoms with E-state index < -0.39 is 5.82 Å². The smallest absolute Gasteiger partial charge is 0.189 e. The average Bonchev–Trinajstić information content (AvgIpc) is 3.24. The third-order valence-electron chi connectivity index (χ3n) is 3.48. The highest BCUT2D eigenvalue weighted by Crippen LogP contribution is 2.15. The third kappa shape index (κ3) is 3.29. The van der Waals surface area contributed by atoms with E-state index in [1.807, 2.05) is 13.8 Å². The van der Waals surface area contributed by atoms with Gasteiger partial charge >= 0.3 is 0 Å². The highest BCUT2D eigenvalue weighted by molar-refractivity contribution is 6.06. The Morgan fingerprint density at radius 3 is 2.75 bits per heavy atom. The average molecular weight is 325 g/mol. The zero-order valence-electron chi connectivity index (χ0n) is 13.3. The Bertz CT molecular complexity index is 880. The summed E-state index contributed by atoms with van der Waals surface area (Å²) in [7, 11) is 0. The van der Waals surface area contributed by atoms with Gasteiger partial charge in [0.15, 0.2) is 5.78 Å². The van der Waals surface area contributed by atoms with Gasteiger partial charge < -0.3 is 0 Å². The van der Waals surface area contributed by atoms with Gasteiger partial charge in [-0.15, -0.1) is 0 Å². The molecule has 122 valence electrons. The topological polar surface area (TPSA) is 65.6 Å². The molecule has 3 rings (SSSR count). The number of allylic oxidation sites excluding steroid dienone is 1. The van der Waals surface area contributed by atoms with Gasteiger partial charge in [-0.2, -0.15) is 10.2 Å². The van der Waals surface area contributed by atoms with Crippen LogP contribution in [-0.2, 0) is 0 Å². The van der Waals surface area contributed by atoms with Crippen LogP contribution >= 0.6 is 0 Å². The second-order valence-corrected chi connectivity index (χ2v) is 5.55. The number of halogens is 1. The van der Waals surface area contributed by atoms with Crippen molar-refractivity contribution in [1.29, 1.82) is 0 Å². The molecule has 0 saturated carbocycles. The van der Waals surface area contributed by atoms with E-state index in [1.54, 1.807) is 29.1 Å². The summed E-state index contributed by atoms with van der Waals surface area (Å²) in [5, 5.41) is 8.02. The summed E-state index contributed by atoms with van der Waals surface area (Å²) in [5.74, 6) is -0.620. The Labute approximate surface area is 138 Å². The molecular formula is C17H16FN5O. The second-order valence-electron chi connectivity index (χ2n) is 5.55. The fourth-order valence-corrected chi connectivity index (χ4v) is 2.16. The van der Waals surface area contributed by atoms with Crippen LogP contribution < -0.4 is 0 Å². The molecule has 0 aliphatic carbocycles. The highest BCUT2D eigenvalue weighted by atomic mass is 19.1. The van der Waals surface area contributed by atoms with Crippen molar-refractivity contribution in [2.75, 3.05) is 0 Å². The molecule has 2 heterocycles. The van der Waals surface area contributed by atoms with Crippen LogP contribution in [0.15, 0.2) is 49.3 Å². The minimum absolute atomic E-state index is 0.178. The summed E-state index contributed by atoms with van der Waals surface area (Å²) in [6, 6.07) is 4.83. The largest absolute Gasteiger partial charge is 0.289 e. The Morgan fingerprint density at radius 2 is 2.12 bits per heavy atom. The van der Waals surface area contributed by atoms with Crippen LogP contribution in [0.3, 0.4) is 0 Å². The molecule has 0 saturated heterocycles. The van der Waals surface area contributed by atoms with E-state index in [1.165, 1.54) is 35.7 Å². The first-order valence-corrected chi connectivity index (χ1v) is 7.45. The van der Waals surface area contributed by atoms with Crippen molar-refractivity contribution >= 4 is 11.9 Å². The van der Waals surface area contributed by atoms with E-state index in [9.17, 15) is 9.18 Å². The number of nitrogens with zero attached hydrogens (tertiary/aromatic N) is 5. The molecule has 0 unspecified atom stereocenters. The summed E-state index contributed by atoms with van der Waals surface area (Å²) in [5.41, 5.74) is 1.38. The van der Waals surface area contributed by atoms with Gasteiger partial charge in [0.05, 0.1) is 11.8 Å². The van der Waals surface area contributed by atoms with Crippen LogP contribution in [0.4, 0.5) is 4.39 Å². The van der Waals surface area contributed by atoms with E-state index in [-0.39, 0.29) is 11.8 Å². The molecule has 0 N–H and O–H groups in total. The molecule has 3 aromatic rings. The summed E-state index contributed by atoms with van der Waals surface area (Å²) < 4.78 is 17.2. The minimum Gasteiger partial charge on any atom is -0.289 e. The molecule has 0 radical (unpaired) electrons. The van der Waals surface area contributed by atoms with Crippen LogP contribution in [0, 0.1) is 5.82 Å². The van der Waals surface area contributed by atoms with Crippen molar-refractivity contribution in [1.82, 2.24) is 24.5 Å². The van der Waals surface area contributed by atoms with Crippen molar-refractivity contribution in [2.24, 2.45) is 0 Å². The van der Waals surface area contributed by atoms with Crippen LogP contribution in [0.25, 0.3) is 11.8 Å². The zero-order chi connectivity index (χ0) is 17.1. The van der Waals surface area contributed by atoms with E-state index in [4.69, 9.17) is 0 Å². The van der Waals surface area contributed by atoms with Gasteiger partial charge in [-0.25, -0.2) is 14.1 Å². The molecule has 24 heavy (non-hydrogen) atoms. The molecule has 0 fully saturated rings. The summed E-state index contributed by atoms with van der Waals surface area (Å²) in [4.78, 5) is 15.9. The van der Waals surface area contributed by atoms with E-state index in [0.717, 1.165) is 0 Å². The fraction of sp³-hybridized carbons (Fsp3) is 0.176. The monoisotopic (exact) mass is 325 g/mol. The Hall–Kier alpha value is -3.09. The van der Waals surface area contributed by atoms with Crippen LogP contribution in [0.5, 0.6) is 0 Å². The first-order chi connectivity index (χ1) is 11.5. The summed E-state index contributed by atoms with van der Waals surface area (Å²) in [6.45, 7) is 3.97. The maximum Gasteiger partial charge on any atom is 0.189 e. The molecule has 0 bridgehead atoms. The third-order valence-corrected chi connectivity index (χ3v) is 3.48. The van der Waals surface area contributed by atoms with Crippen molar-refractivity contribution < 1.29 is 9.18 Å². The van der Waals surface area contributed by atoms with E-state index >= 15 is 0 Å². The standard InChI is InChI=1S/C17H16FN5O/c1-12(2)22-9-14(8-20-22)17(24)6-4-13-3-5-16(15(18)7-13)23-11-19-10-21-23/h3-12H,1-2H3/b6-4+. The molecule has 0 atom stereocenters. The van der Waals surface area contributed by atoms with Crippen LogP contribution in [0.2, 0.25) is 0 Å². The lowest BCUT2D eigenvalue weighted by atomic mass is 10.1. The van der Waals surface area contributed by atoms with Gasteiger partial charge in [-0.1, -0.05) is 12.1 Å². The van der Waals surface area contributed by atoms with Gasteiger partial charge in [-0.05, 0) is 37.6 Å². The number of carbonyl (C=O) groups is 1. The summed E-state index contributed by atoms with van der Waals surface area (Å²) >= 11 is 0. The van der Waals surface area contributed by atoms with Gasteiger partial charge in [0.2, 0.25) is 0 Å². The molecule has 2 aromatic heterocycles. The maximum absolute atomic E-state index is 14.1. The second kappa shape index (κ2) is 6.57. The van der Waals surface area contributed by atoms with Crippen molar-refractivity contribution in [3.63, 3.8) is 0 Å². The number of carbonyl (C=O) groups excluding carboxylic acids is 1. The van der Waals surface area contributed by atoms with Crippen LogP contribution in [0.1, 0.15) is 35.8 Å². The molecule has 6 nitrogen and oxygen atoms in total. The quantitative estimate of drug-likeness (QED) is 0.534. The molecular weight excluding hydrogens is 309 g/mol. The molecule has 0 amide bonds. The number of aromatic nitrogens is 5. The van der Waals surface area contributed by atoms with Crippen molar-refractivity contribution in [3.8, 4) is 5.69 Å². The lowest BCUT2D eigenvalue weighted by Crippen LogP contribution is -2.00. The number of benzene rings is 1. The lowest BCUT2D eigenvalue weighted by molar-refractivity contribution is 0.104. The first-order valence-electron chi connectivity index (χ1n) is 7.45. The Morgan fingerprint density at radius 1 is 1.29 bits per heavy atom. The molecule has 0 aliphatic rings.